The van der Waals surface area contributed by atoms with Crippen molar-refractivity contribution in [2.24, 2.45) is 0 Å². The van der Waals surface area contributed by atoms with Gasteiger partial charge in [-0.15, -0.1) is 11.8 Å². The van der Waals surface area contributed by atoms with E-state index in [-0.39, 0.29) is 4.75 Å². The van der Waals surface area contributed by atoms with Gasteiger partial charge >= 0.3 is 0 Å². The number of likely N-dealkylation sites (tertiary alicyclic amines) is 1. The fourth-order valence-electron chi connectivity index (χ4n) is 2.00. The highest BCUT2D eigenvalue weighted by molar-refractivity contribution is 8.00. The summed E-state index contributed by atoms with van der Waals surface area (Å²) in [6.07, 6.45) is 3.33. The summed E-state index contributed by atoms with van der Waals surface area (Å²) in [5, 5.41) is 18.7. The molecule has 1 fully saturated rings. The lowest BCUT2D eigenvalue weighted by Gasteiger charge is -2.36. The maximum absolute atomic E-state index is 9.61. The third-order valence-electron chi connectivity index (χ3n) is 3.09. The number of piperidine rings is 1. The molecular weight excluding hydrogens is 224 g/mol. The molecule has 0 saturated carbocycles. The Balaban J connectivity index is 2.35. The SMILES string of the molecule is COCC(O)CN1CCC(C#N)(SC)CC1. The summed E-state index contributed by atoms with van der Waals surface area (Å²) in [5.74, 6) is 0. The van der Waals surface area contributed by atoms with E-state index in [0.717, 1.165) is 25.9 Å². The Bertz CT molecular complexity index is 247. The first-order valence-corrected chi connectivity index (χ1v) is 6.74. The standard InChI is InChI=1S/C11H20N2O2S/c1-15-8-10(14)7-13-5-3-11(9-12,16-2)4-6-13/h10,14H,3-8H2,1-2H3. The van der Waals surface area contributed by atoms with Crippen molar-refractivity contribution >= 4 is 11.8 Å². The quantitative estimate of drug-likeness (QED) is 0.772. The van der Waals surface area contributed by atoms with Crippen LogP contribution in [0.2, 0.25) is 0 Å². The van der Waals surface area contributed by atoms with Gasteiger partial charge in [-0.2, -0.15) is 5.26 Å². The maximum Gasteiger partial charge on any atom is 0.104 e. The van der Waals surface area contributed by atoms with Crippen LogP contribution in [-0.4, -0.2) is 60.5 Å². The minimum absolute atomic E-state index is 0.206. The lowest BCUT2D eigenvalue weighted by Crippen LogP contribution is -2.45. The molecule has 0 radical (unpaired) electrons. The Morgan fingerprint density at radius 1 is 1.56 bits per heavy atom. The van der Waals surface area contributed by atoms with Gasteiger partial charge in [0, 0.05) is 26.7 Å². The summed E-state index contributed by atoms with van der Waals surface area (Å²) in [6.45, 7) is 2.79. The molecule has 1 saturated heterocycles. The van der Waals surface area contributed by atoms with Crippen LogP contribution >= 0.6 is 11.8 Å². The summed E-state index contributed by atoms with van der Waals surface area (Å²) < 4.78 is 4.69. The van der Waals surface area contributed by atoms with Crippen LogP contribution in [-0.2, 0) is 4.74 Å². The zero-order valence-corrected chi connectivity index (χ0v) is 10.8. The Kier molecular flexibility index (Phi) is 5.56. The van der Waals surface area contributed by atoms with E-state index < -0.39 is 6.10 Å². The predicted molar refractivity (Wildman–Crippen MR) is 65.4 cm³/mol. The molecule has 5 heteroatoms. The van der Waals surface area contributed by atoms with E-state index in [1.54, 1.807) is 18.9 Å². The molecule has 1 heterocycles. The number of thioether (sulfide) groups is 1. The molecule has 1 atom stereocenters. The van der Waals surface area contributed by atoms with E-state index in [2.05, 4.69) is 11.0 Å². The summed E-state index contributed by atoms with van der Waals surface area (Å²) in [5.41, 5.74) is 0. The zero-order valence-electron chi connectivity index (χ0n) is 9.98. The second-order valence-corrected chi connectivity index (χ2v) is 5.41. The van der Waals surface area contributed by atoms with Crippen molar-refractivity contribution in [3.8, 4) is 6.07 Å². The van der Waals surface area contributed by atoms with E-state index in [0.29, 0.717) is 13.2 Å². The highest BCUT2D eigenvalue weighted by atomic mass is 32.2. The minimum atomic E-state index is -0.422. The smallest absolute Gasteiger partial charge is 0.104 e. The molecule has 1 rings (SSSR count). The second-order valence-electron chi connectivity index (χ2n) is 4.22. The third kappa shape index (κ3) is 3.63. The van der Waals surface area contributed by atoms with Gasteiger partial charge in [0.2, 0.25) is 0 Å². The second kappa shape index (κ2) is 6.45. The fourth-order valence-corrected chi connectivity index (χ4v) is 2.68. The molecule has 4 nitrogen and oxygen atoms in total. The molecule has 0 spiro atoms. The van der Waals surface area contributed by atoms with Crippen molar-refractivity contribution in [2.45, 2.75) is 23.7 Å². The van der Waals surface area contributed by atoms with Gasteiger partial charge in [0.05, 0.1) is 18.8 Å². The van der Waals surface area contributed by atoms with Gasteiger partial charge in [-0.1, -0.05) is 0 Å². The molecule has 1 aliphatic rings. The van der Waals surface area contributed by atoms with Crippen molar-refractivity contribution in [1.29, 1.82) is 5.26 Å². The number of aliphatic hydroxyl groups excluding tert-OH is 1. The van der Waals surface area contributed by atoms with Crippen LogP contribution in [0.1, 0.15) is 12.8 Å². The topological polar surface area (TPSA) is 56.5 Å². The van der Waals surface area contributed by atoms with Crippen molar-refractivity contribution < 1.29 is 9.84 Å². The molecule has 0 aliphatic carbocycles. The number of hydrogen-bond acceptors (Lipinski definition) is 5. The van der Waals surface area contributed by atoms with Gasteiger partial charge in [-0.25, -0.2) is 0 Å². The average Bonchev–Trinajstić information content (AvgIpc) is 2.31. The van der Waals surface area contributed by atoms with E-state index >= 15 is 0 Å². The highest BCUT2D eigenvalue weighted by Gasteiger charge is 2.34. The van der Waals surface area contributed by atoms with Crippen molar-refractivity contribution in [2.75, 3.05) is 39.6 Å². The molecule has 92 valence electrons. The van der Waals surface area contributed by atoms with E-state index in [9.17, 15) is 5.11 Å². The molecule has 0 aromatic rings. The van der Waals surface area contributed by atoms with Gasteiger partial charge < -0.3 is 14.7 Å². The summed E-state index contributed by atoms with van der Waals surface area (Å²) in [7, 11) is 1.59. The van der Waals surface area contributed by atoms with Crippen LogP contribution in [0.5, 0.6) is 0 Å². The number of methoxy groups -OCH3 is 1. The number of ether oxygens (including phenoxy) is 1. The van der Waals surface area contributed by atoms with Gasteiger partial charge in [0.15, 0.2) is 0 Å². The summed E-state index contributed by atoms with van der Waals surface area (Å²) in [6, 6.07) is 2.42. The summed E-state index contributed by atoms with van der Waals surface area (Å²) >= 11 is 1.65. The van der Waals surface area contributed by atoms with Crippen LogP contribution in [0.25, 0.3) is 0 Å². The zero-order chi connectivity index (χ0) is 12.0. The molecule has 1 aliphatic heterocycles. The van der Waals surface area contributed by atoms with Crippen LogP contribution < -0.4 is 0 Å². The molecule has 1 N–H and O–H groups in total. The molecule has 1 unspecified atom stereocenters. The van der Waals surface area contributed by atoms with Gasteiger partial charge in [0.1, 0.15) is 4.75 Å². The van der Waals surface area contributed by atoms with Crippen LogP contribution in [0.15, 0.2) is 0 Å². The maximum atomic E-state index is 9.61. The van der Waals surface area contributed by atoms with Crippen LogP contribution in [0, 0.1) is 11.3 Å². The fraction of sp³-hybridized carbons (Fsp3) is 0.909. The lowest BCUT2D eigenvalue weighted by molar-refractivity contribution is 0.0324. The third-order valence-corrected chi connectivity index (χ3v) is 4.37. The van der Waals surface area contributed by atoms with Crippen molar-refractivity contribution in [3.05, 3.63) is 0 Å². The number of aliphatic hydroxyl groups is 1. The first-order chi connectivity index (χ1) is 7.65. The average molecular weight is 244 g/mol. The molecule has 16 heavy (non-hydrogen) atoms. The van der Waals surface area contributed by atoms with Crippen LogP contribution in [0.3, 0.4) is 0 Å². The van der Waals surface area contributed by atoms with Gasteiger partial charge in [-0.3, -0.25) is 0 Å². The van der Waals surface area contributed by atoms with Gasteiger partial charge in [0.25, 0.3) is 0 Å². The number of β-amino-alcohol motifs (C(OH)–C–C–N with tert-alkyl or cyclic N) is 1. The Labute approximate surface area is 102 Å². The van der Waals surface area contributed by atoms with Crippen LogP contribution in [0.4, 0.5) is 0 Å². The largest absolute Gasteiger partial charge is 0.389 e. The Morgan fingerprint density at radius 3 is 2.62 bits per heavy atom. The molecule has 0 aromatic heterocycles. The highest BCUT2D eigenvalue weighted by Crippen LogP contribution is 2.33. The van der Waals surface area contributed by atoms with Crippen molar-refractivity contribution in [1.82, 2.24) is 4.90 Å². The van der Waals surface area contributed by atoms with Crippen molar-refractivity contribution in [3.63, 3.8) is 0 Å². The first kappa shape index (κ1) is 13.8. The normalized spacial score (nSPS) is 22.6. The van der Waals surface area contributed by atoms with E-state index in [1.165, 1.54) is 0 Å². The number of hydrogen-bond donors (Lipinski definition) is 1. The monoisotopic (exact) mass is 244 g/mol. The Morgan fingerprint density at radius 2 is 2.19 bits per heavy atom. The molecule has 0 aromatic carbocycles. The first-order valence-electron chi connectivity index (χ1n) is 5.51. The molecular formula is C11H20N2O2S. The minimum Gasteiger partial charge on any atom is -0.389 e. The molecule has 0 bridgehead atoms. The number of nitrogens with zero attached hydrogens (tertiary/aromatic N) is 2. The number of nitriles is 1. The van der Waals surface area contributed by atoms with E-state index in [4.69, 9.17) is 10.00 Å². The predicted octanol–water partition coefficient (Wildman–Crippen LogP) is 0.715. The Hall–Kier alpha value is -0.280. The molecule has 0 amide bonds. The van der Waals surface area contributed by atoms with Gasteiger partial charge in [-0.05, 0) is 19.1 Å². The number of rotatable bonds is 5. The van der Waals surface area contributed by atoms with E-state index in [1.807, 2.05) is 6.26 Å². The lowest BCUT2D eigenvalue weighted by atomic mass is 9.97. The summed E-state index contributed by atoms with van der Waals surface area (Å²) in [4.78, 5) is 2.20.